The van der Waals surface area contributed by atoms with Crippen molar-refractivity contribution in [2.24, 2.45) is 23.7 Å². The van der Waals surface area contributed by atoms with E-state index in [1.54, 1.807) is 0 Å². The Kier molecular flexibility index (Phi) is 1.63. The third-order valence-corrected chi connectivity index (χ3v) is 3.38. The van der Waals surface area contributed by atoms with Crippen molar-refractivity contribution in [3.05, 3.63) is 24.8 Å². The first-order valence-electron chi connectivity index (χ1n) is 4.62. The third kappa shape index (κ3) is 1.05. The lowest BCUT2D eigenvalue weighted by atomic mass is 9.83. The van der Waals surface area contributed by atoms with Gasteiger partial charge in [-0.2, -0.15) is 0 Å². The molecular weight excluding hydrogens is 132 g/mol. The van der Waals surface area contributed by atoms with E-state index in [1.165, 1.54) is 12.8 Å². The lowest BCUT2D eigenvalue weighted by Crippen LogP contribution is -2.14. The van der Waals surface area contributed by atoms with Gasteiger partial charge in [-0.3, -0.25) is 0 Å². The molecule has 1 fully saturated rings. The highest BCUT2D eigenvalue weighted by molar-refractivity contribution is 5.11. The van der Waals surface area contributed by atoms with Crippen LogP contribution in [0.4, 0.5) is 0 Å². The Labute approximate surface area is 69.0 Å². The van der Waals surface area contributed by atoms with Crippen molar-refractivity contribution in [2.75, 3.05) is 0 Å². The Morgan fingerprint density at radius 2 is 2.27 bits per heavy atom. The van der Waals surface area contributed by atoms with Crippen molar-refractivity contribution < 1.29 is 0 Å². The predicted octanol–water partition coefficient (Wildman–Crippen LogP) is 3.02. The van der Waals surface area contributed by atoms with Crippen LogP contribution in [0.2, 0.25) is 0 Å². The monoisotopic (exact) mass is 148 g/mol. The van der Waals surface area contributed by atoms with Crippen molar-refractivity contribution in [2.45, 2.75) is 19.8 Å². The molecular formula is C11H16. The van der Waals surface area contributed by atoms with E-state index in [0.29, 0.717) is 0 Å². The Morgan fingerprint density at radius 3 is 2.73 bits per heavy atom. The Bertz CT molecular complexity index is 190. The molecule has 2 aliphatic carbocycles. The Hall–Kier alpha value is -0.520. The minimum atomic E-state index is 0.718. The van der Waals surface area contributed by atoms with Gasteiger partial charge in [0, 0.05) is 0 Å². The molecule has 60 valence electrons. The van der Waals surface area contributed by atoms with Gasteiger partial charge >= 0.3 is 0 Å². The van der Waals surface area contributed by atoms with Gasteiger partial charge in [0.2, 0.25) is 0 Å². The highest BCUT2D eigenvalue weighted by Gasteiger charge is 2.37. The normalized spacial score (nSPS) is 42.8. The molecule has 4 unspecified atom stereocenters. The summed E-state index contributed by atoms with van der Waals surface area (Å²) in [7, 11) is 0. The molecule has 1 saturated carbocycles. The maximum Gasteiger partial charge on any atom is -0.0194 e. The van der Waals surface area contributed by atoms with Gasteiger partial charge < -0.3 is 0 Å². The summed E-state index contributed by atoms with van der Waals surface area (Å²) >= 11 is 0. The second kappa shape index (κ2) is 2.51. The van der Waals surface area contributed by atoms with Crippen LogP contribution in [0, 0.1) is 23.7 Å². The molecule has 0 heterocycles. The number of rotatable bonds is 2. The average Bonchev–Trinajstić information content (AvgIpc) is 2.62. The lowest BCUT2D eigenvalue weighted by Gasteiger charge is -2.22. The number of hydrogen-bond donors (Lipinski definition) is 0. The van der Waals surface area contributed by atoms with Crippen molar-refractivity contribution >= 4 is 0 Å². The molecule has 0 N–H and O–H groups in total. The minimum absolute atomic E-state index is 0.718. The summed E-state index contributed by atoms with van der Waals surface area (Å²) in [4.78, 5) is 0. The number of fused-ring (bicyclic) bond motifs is 2. The predicted molar refractivity (Wildman–Crippen MR) is 48.2 cm³/mol. The minimum Gasteiger partial charge on any atom is -0.103 e. The summed E-state index contributed by atoms with van der Waals surface area (Å²) in [6, 6.07) is 0. The zero-order chi connectivity index (χ0) is 7.84. The van der Waals surface area contributed by atoms with Gasteiger partial charge in [-0.1, -0.05) is 25.2 Å². The molecule has 0 aromatic carbocycles. The van der Waals surface area contributed by atoms with Crippen LogP contribution in [0.1, 0.15) is 19.8 Å². The fraction of sp³-hybridized carbons (Fsp3) is 0.636. The van der Waals surface area contributed by atoms with Crippen molar-refractivity contribution in [1.29, 1.82) is 0 Å². The van der Waals surface area contributed by atoms with Crippen LogP contribution in [-0.2, 0) is 0 Å². The molecule has 11 heavy (non-hydrogen) atoms. The molecule has 0 radical (unpaired) electrons. The van der Waals surface area contributed by atoms with Crippen LogP contribution in [0.5, 0.6) is 0 Å². The smallest absolute Gasteiger partial charge is 0.0194 e. The van der Waals surface area contributed by atoms with Crippen molar-refractivity contribution in [3.8, 4) is 0 Å². The zero-order valence-corrected chi connectivity index (χ0v) is 7.16. The van der Waals surface area contributed by atoms with E-state index in [9.17, 15) is 0 Å². The quantitative estimate of drug-likeness (QED) is 0.528. The van der Waals surface area contributed by atoms with Crippen LogP contribution < -0.4 is 0 Å². The SMILES string of the molecule is C=CC(C)C1CC2C=CC1C2. The first kappa shape index (κ1) is 7.15. The molecule has 0 spiro atoms. The van der Waals surface area contributed by atoms with Gasteiger partial charge in [-0.15, -0.1) is 6.58 Å². The van der Waals surface area contributed by atoms with Gasteiger partial charge in [-0.05, 0) is 36.5 Å². The van der Waals surface area contributed by atoms with Crippen LogP contribution >= 0.6 is 0 Å². The molecule has 0 aromatic heterocycles. The Balaban J connectivity index is 2.08. The second-order valence-corrected chi connectivity index (χ2v) is 4.04. The summed E-state index contributed by atoms with van der Waals surface area (Å²) in [5.41, 5.74) is 0. The van der Waals surface area contributed by atoms with E-state index in [0.717, 1.165) is 23.7 Å². The van der Waals surface area contributed by atoms with Gasteiger partial charge in [0.1, 0.15) is 0 Å². The first-order valence-corrected chi connectivity index (χ1v) is 4.62. The third-order valence-electron chi connectivity index (χ3n) is 3.38. The first-order chi connectivity index (χ1) is 5.31. The van der Waals surface area contributed by atoms with Gasteiger partial charge in [-0.25, -0.2) is 0 Å². The largest absolute Gasteiger partial charge is 0.103 e. The van der Waals surface area contributed by atoms with E-state index < -0.39 is 0 Å². The molecule has 0 aromatic rings. The van der Waals surface area contributed by atoms with Crippen LogP contribution in [0.15, 0.2) is 24.8 Å². The summed E-state index contributed by atoms with van der Waals surface area (Å²) < 4.78 is 0. The number of hydrogen-bond acceptors (Lipinski definition) is 0. The maximum absolute atomic E-state index is 3.86. The molecule has 4 atom stereocenters. The molecule has 0 nitrogen and oxygen atoms in total. The standard InChI is InChI=1S/C11H16/c1-3-8(2)11-7-9-4-5-10(11)6-9/h3-5,8-11H,1,6-7H2,2H3. The molecule has 0 saturated heterocycles. The topological polar surface area (TPSA) is 0 Å². The molecule has 2 aliphatic rings. The summed E-state index contributed by atoms with van der Waals surface area (Å²) in [6.07, 6.45) is 9.76. The Morgan fingerprint density at radius 1 is 1.45 bits per heavy atom. The summed E-state index contributed by atoms with van der Waals surface area (Å²) in [5.74, 6) is 3.41. The molecule has 0 heteroatoms. The zero-order valence-electron chi connectivity index (χ0n) is 7.16. The van der Waals surface area contributed by atoms with Crippen LogP contribution in [-0.4, -0.2) is 0 Å². The van der Waals surface area contributed by atoms with Crippen LogP contribution in [0.3, 0.4) is 0 Å². The van der Waals surface area contributed by atoms with Gasteiger partial charge in [0.15, 0.2) is 0 Å². The fourth-order valence-electron chi connectivity index (χ4n) is 2.60. The molecule has 0 amide bonds. The fourth-order valence-corrected chi connectivity index (χ4v) is 2.60. The van der Waals surface area contributed by atoms with Crippen molar-refractivity contribution in [3.63, 3.8) is 0 Å². The van der Waals surface area contributed by atoms with E-state index in [2.05, 4.69) is 31.7 Å². The van der Waals surface area contributed by atoms with E-state index in [4.69, 9.17) is 0 Å². The van der Waals surface area contributed by atoms with Gasteiger partial charge in [0.25, 0.3) is 0 Å². The maximum atomic E-state index is 3.86. The highest BCUT2D eigenvalue weighted by atomic mass is 14.4. The van der Waals surface area contributed by atoms with Crippen molar-refractivity contribution in [1.82, 2.24) is 0 Å². The second-order valence-electron chi connectivity index (χ2n) is 4.04. The van der Waals surface area contributed by atoms with E-state index >= 15 is 0 Å². The molecule has 2 rings (SSSR count). The highest BCUT2D eigenvalue weighted by Crippen LogP contribution is 2.46. The molecule has 0 aliphatic heterocycles. The average molecular weight is 148 g/mol. The lowest BCUT2D eigenvalue weighted by molar-refractivity contribution is 0.360. The van der Waals surface area contributed by atoms with E-state index in [1.807, 2.05) is 0 Å². The summed E-state index contributed by atoms with van der Waals surface area (Å²) in [5, 5.41) is 0. The van der Waals surface area contributed by atoms with E-state index in [-0.39, 0.29) is 0 Å². The number of allylic oxidation sites excluding steroid dienone is 3. The molecule has 2 bridgehead atoms. The van der Waals surface area contributed by atoms with Gasteiger partial charge in [0.05, 0.1) is 0 Å². The summed E-state index contributed by atoms with van der Waals surface area (Å²) in [6.45, 7) is 6.16. The van der Waals surface area contributed by atoms with Crippen LogP contribution in [0.25, 0.3) is 0 Å².